The summed E-state index contributed by atoms with van der Waals surface area (Å²) in [5.41, 5.74) is 6.52. The molecule has 5 heterocycles. The molecule has 0 radical (unpaired) electrons. The van der Waals surface area contributed by atoms with E-state index in [-0.39, 0.29) is 11.9 Å². The van der Waals surface area contributed by atoms with Crippen LogP contribution in [0.5, 0.6) is 0 Å². The highest BCUT2D eigenvalue weighted by atomic mass is 16.3. The molecular formula is C24H19N9O2. The number of nitrogens with two attached hydrogens (primary N) is 1. The predicted molar refractivity (Wildman–Crippen MR) is 128 cm³/mol. The molecule has 6 rings (SSSR count). The molecule has 3 N–H and O–H groups in total. The van der Waals surface area contributed by atoms with Gasteiger partial charge in [-0.1, -0.05) is 36.4 Å². The van der Waals surface area contributed by atoms with Crippen LogP contribution in [0.3, 0.4) is 0 Å². The fourth-order valence-corrected chi connectivity index (χ4v) is 4.03. The van der Waals surface area contributed by atoms with Crippen LogP contribution < -0.4 is 11.1 Å². The molecule has 1 atom stereocenters. The molecule has 6 aromatic rings. The van der Waals surface area contributed by atoms with Crippen molar-refractivity contribution in [1.29, 1.82) is 0 Å². The molecule has 11 nitrogen and oxygen atoms in total. The number of anilines is 2. The highest BCUT2D eigenvalue weighted by molar-refractivity contribution is 6.00. The minimum atomic E-state index is -1.29. The lowest BCUT2D eigenvalue weighted by atomic mass is 9.91. The number of fused-ring (bicyclic) bond motifs is 3. The summed E-state index contributed by atoms with van der Waals surface area (Å²) < 4.78 is 8.41. The molecule has 172 valence electrons. The first kappa shape index (κ1) is 20.5. The number of rotatable bonds is 5. The highest BCUT2D eigenvalue weighted by Gasteiger charge is 2.40. The van der Waals surface area contributed by atoms with E-state index in [9.17, 15) is 4.79 Å². The van der Waals surface area contributed by atoms with Crippen LogP contribution in [0.25, 0.3) is 28.3 Å². The average molecular weight is 465 g/mol. The SMILES string of the molecule is CC(C(=O)Nc1ccccn1)(c1ccccc1)n1ncc2c1nc(N)n1nc(-c3ccco3)nc21. The Morgan fingerprint density at radius 1 is 1.03 bits per heavy atom. The quantitative estimate of drug-likeness (QED) is 0.395. The number of nitrogens with one attached hydrogen (secondary N) is 1. The topological polar surface area (TPSA) is 142 Å². The first-order chi connectivity index (χ1) is 17.1. The van der Waals surface area contributed by atoms with Gasteiger partial charge in [0.05, 0.1) is 17.8 Å². The monoisotopic (exact) mass is 465 g/mol. The van der Waals surface area contributed by atoms with Crippen molar-refractivity contribution in [2.75, 3.05) is 11.1 Å². The van der Waals surface area contributed by atoms with Gasteiger partial charge in [-0.3, -0.25) is 4.79 Å². The van der Waals surface area contributed by atoms with E-state index >= 15 is 0 Å². The number of hydrogen-bond donors (Lipinski definition) is 2. The van der Waals surface area contributed by atoms with Gasteiger partial charge in [-0.25, -0.2) is 14.6 Å². The summed E-state index contributed by atoms with van der Waals surface area (Å²) in [6.07, 6.45) is 4.76. The van der Waals surface area contributed by atoms with Crippen molar-refractivity contribution in [3.05, 3.63) is 84.9 Å². The van der Waals surface area contributed by atoms with E-state index in [0.717, 1.165) is 0 Å². The second-order valence-corrected chi connectivity index (χ2v) is 8.02. The molecule has 0 bridgehead atoms. The predicted octanol–water partition coefficient (Wildman–Crippen LogP) is 3.11. The van der Waals surface area contributed by atoms with E-state index in [0.29, 0.717) is 39.6 Å². The normalized spacial score (nSPS) is 13.2. The number of carbonyl (C=O) groups excluding carboxylic acids is 1. The number of benzene rings is 1. The van der Waals surface area contributed by atoms with Gasteiger partial charge in [-0.2, -0.15) is 14.6 Å². The summed E-state index contributed by atoms with van der Waals surface area (Å²) in [6.45, 7) is 1.77. The van der Waals surface area contributed by atoms with Crippen LogP contribution in [0.1, 0.15) is 12.5 Å². The Bertz CT molecular complexity index is 1660. The van der Waals surface area contributed by atoms with Crippen LogP contribution >= 0.6 is 0 Å². The van der Waals surface area contributed by atoms with Crippen LogP contribution in [-0.4, -0.2) is 40.3 Å². The van der Waals surface area contributed by atoms with E-state index in [2.05, 4.69) is 30.5 Å². The van der Waals surface area contributed by atoms with Crippen LogP contribution in [0.2, 0.25) is 0 Å². The molecular weight excluding hydrogens is 446 g/mol. The van der Waals surface area contributed by atoms with Crippen molar-refractivity contribution in [3.63, 3.8) is 0 Å². The molecule has 0 aliphatic heterocycles. The van der Waals surface area contributed by atoms with Crippen molar-refractivity contribution >= 4 is 34.4 Å². The van der Waals surface area contributed by atoms with Gasteiger partial charge in [0.25, 0.3) is 5.91 Å². The third-order valence-corrected chi connectivity index (χ3v) is 5.88. The zero-order valence-corrected chi connectivity index (χ0v) is 18.5. The lowest BCUT2D eigenvalue weighted by molar-refractivity contribution is -0.122. The van der Waals surface area contributed by atoms with Gasteiger partial charge in [0.2, 0.25) is 11.8 Å². The Balaban J connectivity index is 1.55. The molecule has 0 aliphatic carbocycles. The maximum absolute atomic E-state index is 13.8. The molecule has 0 aliphatic rings. The third kappa shape index (κ3) is 3.21. The van der Waals surface area contributed by atoms with E-state index in [1.54, 1.807) is 60.6 Å². The molecule has 35 heavy (non-hydrogen) atoms. The van der Waals surface area contributed by atoms with Crippen molar-refractivity contribution in [1.82, 2.24) is 34.3 Å². The molecule has 1 amide bonds. The van der Waals surface area contributed by atoms with E-state index in [1.165, 1.54) is 4.52 Å². The second-order valence-electron chi connectivity index (χ2n) is 8.02. The van der Waals surface area contributed by atoms with Gasteiger partial charge in [0.15, 0.2) is 22.6 Å². The number of aromatic nitrogens is 7. The standard InChI is InChI=1S/C24H19N9O2/c1-24(15-8-3-2-4-9-15,22(34)28-18-11-5-6-12-26-18)33-21-16(14-27-33)20-29-19(17-10-7-13-35-17)31-32(20)23(25)30-21/h2-14H,1H3,(H2,25,30)(H,26,28,34). The molecule has 0 saturated carbocycles. The summed E-state index contributed by atoms with van der Waals surface area (Å²) in [4.78, 5) is 27.1. The van der Waals surface area contributed by atoms with Crippen LogP contribution in [0.4, 0.5) is 11.8 Å². The number of carbonyl (C=O) groups is 1. The lowest BCUT2D eigenvalue weighted by Gasteiger charge is -2.29. The number of pyridine rings is 1. The largest absolute Gasteiger partial charge is 0.461 e. The molecule has 1 aromatic carbocycles. The maximum Gasteiger partial charge on any atom is 0.257 e. The molecule has 0 spiro atoms. The van der Waals surface area contributed by atoms with E-state index < -0.39 is 5.54 Å². The zero-order chi connectivity index (χ0) is 24.0. The summed E-state index contributed by atoms with van der Waals surface area (Å²) in [5, 5.41) is 12.5. The smallest absolute Gasteiger partial charge is 0.257 e. The molecule has 1 unspecified atom stereocenters. The summed E-state index contributed by atoms with van der Waals surface area (Å²) in [7, 11) is 0. The minimum absolute atomic E-state index is 0.0973. The van der Waals surface area contributed by atoms with E-state index in [4.69, 9.17) is 10.2 Å². The van der Waals surface area contributed by atoms with Crippen LogP contribution in [0, 0.1) is 0 Å². The van der Waals surface area contributed by atoms with Gasteiger partial charge in [-0.15, -0.1) is 5.10 Å². The van der Waals surface area contributed by atoms with Gasteiger partial charge < -0.3 is 15.5 Å². The number of furan rings is 1. The Morgan fingerprint density at radius 3 is 2.60 bits per heavy atom. The Hall–Kier alpha value is -5.06. The van der Waals surface area contributed by atoms with Gasteiger partial charge in [0, 0.05) is 6.20 Å². The maximum atomic E-state index is 13.8. The summed E-state index contributed by atoms with van der Waals surface area (Å²) >= 11 is 0. The van der Waals surface area contributed by atoms with Crippen LogP contribution in [0.15, 0.2) is 83.7 Å². The Morgan fingerprint density at radius 2 is 1.86 bits per heavy atom. The van der Waals surface area contributed by atoms with E-state index in [1.807, 2.05) is 30.3 Å². The minimum Gasteiger partial charge on any atom is -0.461 e. The summed E-state index contributed by atoms with van der Waals surface area (Å²) in [6, 6.07) is 18.1. The van der Waals surface area contributed by atoms with Crippen molar-refractivity contribution in [3.8, 4) is 11.6 Å². The average Bonchev–Trinajstić information content (AvgIpc) is 3.64. The lowest BCUT2D eigenvalue weighted by Crippen LogP contribution is -2.45. The number of nitrogens with zero attached hydrogens (tertiary/aromatic N) is 7. The highest BCUT2D eigenvalue weighted by Crippen LogP contribution is 2.32. The Labute approximate surface area is 198 Å². The first-order valence-corrected chi connectivity index (χ1v) is 10.8. The third-order valence-electron chi connectivity index (χ3n) is 5.88. The molecule has 11 heteroatoms. The van der Waals surface area contributed by atoms with Crippen molar-refractivity contribution < 1.29 is 9.21 Å². The van der Waals surface area contributed by atoms with Crippen molar-refractivity contribution in [2.24, 2.45) is 0 Å². The zero-order valence-electron chi connectivity index (χ0n) is 18.5. The second kappa shape index (κ2) is 7.76. The molecule has 0 fully saturated rings. The number of hydrogen-bond acceptors (Lipinski definition) is 8. The fourth-order valence-electron chi connectivity index (χ4n) is 4.03. The number of amides is 1. The van der Waals surface area contributed by atoms with Gasteiger partial charge in [-0.05, 0) is 36.8 Å². The van der Waals surface area contributed by atoms with Gasteiger partial charge >= 0.3 is 0 Å². The molecule has 0 saturated heterocycles. The van der Waals surface area contributed by atoms with Crippen LogP contribution in [-0.2, 0) is 10.3 Å². The van der Waals surface area contributed by atoms with Gasteiger partial charge in [0.1, 0.15) is 5.82 Å². The Kier molecular flexibility index (Phi) is 4.56. The first-order valence-electron chi connectivity index (χ1n) is 10.8. The van der Waals surface area contributed by atoms with Crippen molar-refractivity contribution in [2.45, 2.75) is 12.5 Å². The molecule has 5 aromatic heterocycles. The number of nitrogen functional groups attached to an aromatic ring is 1. The fraction of sp³-hybridized carbons (Fsp3) is 0.0833. The summed E-state index contributed by atoms with van der Waals surface area (Å²) in [5.74, 6) is 1.04.